The smallest absolute Gasteiger partial charge is 0.231 e. The minimum absolute atomic E-state index is 0.278. The van der Waals surface area contributed by atoms with E-state index in [9.17, 15) is 4.79 Å². The molecule has 1 amide bonds. The van der Waals surface area contributed by atoms with E-state index in [1.165, 1.54) is 12.8 Å². The number of nitrogens with one attached hydrogen (secondary N) is 1. The fraction of sp³-hybridized carbons (Fsp3) is 0.538. The molecule has 0 bridgehead atoms. The highest BCUT2D eigenvalue weighted by Crippen LogP contribution is 2.24. The van der Waals surface area contributed by atoms with E-state index in [1.54, 1.807) is 6.20 Å². The number of nitrogens with two attached hydrogens (primary N) is 2. The van der Waals surface area contributed by atoms with Crippen LogP contribution in [0.15, 0.2) is 18.3 Å². The first kappa shape index (κ1) is 13.8. The molecule has 1 saturated carbocycles. The molecule has 1 heterocycles. The summed E-state index contributed by atoms with van der Waals surface area (Å²) in [4.78, 5) is 17.5. The van der Waals surface area contributed by atoms with Gasteiger partial charge in [-0.25, -0.2) is 10.8 Å². The lowest BCUT2D eigenvalue weighted by atomic mass is 10.1. The van der Waals surface area contributed by atoms with Gasteiger partial charge in [-0.05, 0) is 24.5 Å². The summed E-state index contributed by atoms with van der Waals surface area (Å²) in [5.41, 5.74) is 8.90. The molecule has 0 aliphatic heterocycles. The number of hydrogen-bond acceptors (Lipinski definition) is 5. The summed E-state index contributed by atoms with van der Waals surface area (Å²) in [6.07, 6.45) is 6.52. The maximum atomic E-state index is 11.2. The van der Waals surface area contributed by atoms with Crippen LogP contribution in [0.3, 0.4) is 0 Å². The monoisotopic (exact) mass is 263 g/mol. The zero-order valence-electron chi connectivity index (χ0n) is 11.0. The Balaban J connectivity index is 2.03. The van der Waals surface area contributed by atoms with Gasteiger partial charge < -0.3 is 11.2 Å². The summed E-state index contributed by atoms with van der Waals surface area (Å²) >= 11 is 0. The van der Waals surface area contributed by atoms with E-state index in [4.69, 9.17) is 11.6 Å². The van der Waals surface area contributed by atoms with Crippen LogP contribution in [-0.4, -0.2) is 28.4 Å². The summed E-state index contributed by atoms with van der Waals surface area (Å²) in [5.74, 6) is 5.64. The first-order valence-corrected chi connectivity index (χ1v) is 6.63. The maximum absolute atomic E-state index is 11.2. The maximum Gasteiger partial charge on any atom is 0.231 e. The van der Waals surface area contributed by atoms with Crippen molar-refractivity contribution in [1.82, 2.24) is 9.88 Å². The molecule has 104 valence electrons. The Hall–Kier alpha value is -1.66. The summed E-state index contributed by atoms with van der Waals surface area (Å²) in [6, 6.07) is 4.25. The minimum Gasteiger partial charge on any atom is -0.369 e. The fourth-order valence-corrected chi connectivity index (χ4v) is 2.62. The normalized spacial score (nSPS) is 15.9. The van der Waals surface area contributed by atoms with Crippen molar-refractivity contribution in [2.75, 3.05) is 12.0 Å². The van der Waals surface area contributed by atoms with Crippen molar-refractivity contribution >= 4 is 11.7 Å². The van der Waals surface area contributed by atoms with E-state index in [2.05, 4.69) is 15.3 Å². The number of nitrogen functional groups attached to an aromatic ring is 1. The zero-order chi connectivity index (χ0) is 13.7. The highest BCUT2D eigenvalue weighted by atomic mass is 16.1. The van der Waals surface area contributed by atoms with Crippen molar-refractivity contribution in [3.05, 3.63) is 23.9 Å². The highest BCUT2D eigenvalue weighted by Gasteiger charge is 2.23. The van der Waals surface area contributed by atoms with Gasteiger partial charge in [-0.3, -0.25) is 9.69 Å². The van der Waals surface area contributed by atoms with Gasteiger partial charge in [0.2, 0.25) is 5.91 Å². The summed E-state index contributed by atoms with van der Waals surface area (Å²) in [5, 5.41) is 0. The van der Waals surface area contributed by atoms with Gasteiger partial charge in [0.25, 0.3) is 0 Å². The second-order valence-electron chi connectivity index (χ2n) is 5.01. The molecule has 0 unspecified atom stereocenters. The molecule has 6 heteroatoms. The number of carbonyl (C=O) groups excluding carboxylic acids is 1. The van der Waals surface area contributed by atoms with Crippen molar-refractivity contribution in [2.24, 2.45) is 11.6 Å². The van der Waals surface area contributed by atoms with Crippen molar-refractivity contribution < 1.29 is 4.79 Å². The number of anilines is 1. The molecule has 0 atom stereocenters. The molecule has 0 radical (unpaired) electrons. The Morgan fingerprint density at radius 2 is 2.16 bits per heavy atom. The van der Waals surface area contributed by atoms with Crippen molar-refractivity contribution in [3.8, 4) is 0 Å². The van der Waals surface area contributed by atoms with Crippen LogP contribution >= 0.6 is 0 Å². The lowest BCUT2D eigenvalue weighted by Crippen LogP contribution is -2.39. The van der Waals surface area contributed by atoms with E-state index >= 15 is 0 Å². The number of hydrogen-bond donors (Lipinski definition) is 3. The predicted octanol–water partition coefficient (Wildman–Crippen LogP) is 0.597. The van der Waals surface area contributed by atoms with Crippen LogP contribution < -0.4 is 17.0 Å². The van der Waals surface area contributed by atoms with Crippen LogP contribution in [0.4, 0.5) is 5.82 Å². The number of rotatable bonds is 6. The molecular weight excluding hydrogens is 242 g/mol. The van der Waals surface area contributed by atoms with E-state index in [1.807, 2.05) is 12.1 Å². The minimum atomic E-state index is -0.278. The van der Waals surface area contributed by atoms with Crippen molar-refractivity contribution in [3.63, 3.8) is 0 Å². The van der Waals surface area contributed by atoms with E-state index in [0.717, 1.165) is 18.4 Å². The van der Waals surface area contributed by atoms with Crippen LogP contribution in [0, 0.1) is 0 Å². The second-order valence-corrected chi connectivity index (χ2v) is 5.01. The third-order valence-electron chi connectivity index (χ3n) is 3.56. The molecule has 2 rings (SSSR count). The summed E-state index contributed by atoms with van der Waals surface area (Å²) < 4.78 is 0. The van der Waals surface area contributed by atoms with E-state index in [-0.39, 0.29) is 5.91 Å². The first-order chi connectivity index (χ1) is 9.19. The number of pyridine rings is 1. The lowest BCUT2D eigenvalue weighted by molar-refractivity contribution is -0.119. The van der Waals surface area contributed by atoms with Crippen molar-refractivity contribution in [1.29, 1.82) is 0 Å². The lowest BCUT2D eigenvalue weighted by Gasteiger charge is -2.27. The summed E-state index contributed by atoms with van der Waals surface area (Å²) in [6.45, 7) is 1.01. The molecule has 1 aromatic heterocycles. The van der Waals surface area contributed by atoms with Crippen LogP contribution in [0.5, 0.6) is 0 Å². The van der Waals surface area contributed by atoms with Crippen LogP contribution in [0.25, 0.3) is 0 Å². The molecule has 0 aromatic carbocycles. The van der Waals surface area contributed by atoms with Gasteiger partial charge in [0.15, 0.2) is 0 Å². The average Bonchev–Trinajstić information content (AvgIpc) is 2.92. The first-order valence-electron chi connectivity index (χ1n) is 6.63. The Morgan fingerprint density at radius 3 is 2.68 bits per heavy atom. The number of amides is 1. The average molecular weight is 263 g/mol. The van der Waals surface area contributed by atoms with Gasteiger partial charge >= 0.3 is 0 Å². The number of primary amides is 1. The van der Waals surface area contributed by atoms with Gasteiger partial charge in [0, 0.05) is 18.8 Å². The quantitative estimate of drug-likeness (QED) is 0.516. The SMILES string of the molecule is NNc1ccc(CN(CC(N)=O)C2CCCC2)cn1. The second kappa shape index (κ2) is 6.49. The standard InChI is InChI=1S/C13H21N5O/c14-12(19)9-18(11-3-1-2-4-11)8-10-5-6-13(17-15)16-7-10/h5-7,11H,1-4,8-9,15H2,(H2,14,19)(H,16,17). The number of carbonyl (C=O) groups is 1. The van der Waals surface area contributed by atoms with Crippen LogP contribution in [0.1, 0.15) is 31.2 Å². The van der Waals surface area contributed by atoms with Gasteiger partial charge in [-0.2, -0.15) is 0 Å². The molecule has 5 N–H and O–H groups in total. The molecule has 1 aliphatic carbocycles. The molecule has 1 aromatic rings. The Bertz CT molecular complexity index is 414. The van der Waals surface area contributed by atoms with E-state index < -0.39 is 0 Å². The Kier molecular flexibility index (Phi) is 4.70. The molecule has 0 saturated heterocycles. The Morgan fingerprint density at radius 1 is 1.42 bits per heavy atom. The number of hydrazine groups is 1. The fourth-order valence-electron chi connectivity index (χ4n) is 2.62. The highest BCUT2D eigenvalue weighted by molar-refractivity contribution is 5.75. The molecular formula is C13H21N5O. The van der Waals surface area contributed by atoms with Crippen LogP contribution in [0.2, 0.25) is 0 Å². The van der Waals surface area contributed by atoms with E-state index in [0.29, 0.717) is 24.9 Å². The third kappa shape index (κ3) is 3.90. The molecule has 1 aliphatic rings. The largest absolute Gasteiger partial charge is 0.369 e. The van der Waals surface area contributed by atoms with Crippen molar-refractivity contribution in [2.45, 2.75) is 38.3 Å². The van der Waals surface area contributed by atoms with Crippen LogP contribution in [-0.2, 0) is 11.3 Å². The number of nitrogens with zero attached hydrogens (tertiary/aromatic N) is 2. The topological polar surface area (TPSA) is 97.3 Å². The Labute approximate surface area is 113 Å². The zero-order valence-corrected chi connectivity index (χ0v) is 11.0. The predicted molar refractivity (Wildman–Crippen MR) is 73.9 cm³/mol. The van der Waals surface area contributed by atoms with Gasteiger partial charge in [-0.1, -0.05) is 18.9 Å². The van der Waals surface area contributed by atoms with Gasteiger partial charge in [-0.15, -0.1) is 0 Å². The molecule has 1 fully saturated rings. The third-order valence-corrected chi connectivity index (χ3v) is 3.56. The number of aromatic nitrogens is 1. The molecule has 6 nitrogen and oxygen atoms in total. The van der Waals surface area contributed by atoms with Gasteiger partial charge in [0.05, 0.1) is 6.54 Å². The molecule has 0 spiro atoms. The van der Waals surface area contributed by atoms with Gasteiger partial charge in [0.1, 0.15) is 5.82 Å². The molecule has 19 heavy (non-hydrogen) atoms. The summed E-state index contributed by atoms with van der Waals surface area (Å²) in [7, 11) is 0.